The molecule has 0 atom stereocenters. The monoisotopic (exact) mass is 237 g/mol. The third-order valence-corrected chi connectivity index (χ3v) is 2.82. The molecule has 0 amide bonds. The van der Waals surface area contributed by atoms with Gasteiger partial charge in [-0.15, -0.1) is 0 Å². The largest absolute Gasteiger partial charge is 0.478 e. The molecule has 5 nitrogen and oxygen atoms in total. The highest BCUT2D eigenvalue weighted by Crippen LogP contribution is 2.37. The number of anilines is 1. The molecule has 0 radical (unpaired) electrons. The average molecular weight is 237 g/mol. The highest BCUT2D eigenvalue weighted by atomic mass is 16.5. The van der Waals surface area contributed by atoms with Crippen LogP contribution in [0.1, 0.15) is 31.9 Å². The molecule has 1 heterocycles. The van der Waals surface area contributed by atoms with E-state index in [9.17, 15) is 5.11 Å². The number of aliphatic hydroxyl groups excluding tert-OH is 1. The first-order valence-electron chi connectivity index (χ1n) is 6.05. The zero-order valence-electron chi connectivity index (χ0n) is 10.4. The Kier molecular flexibility index (Phi) is 3.47. The normalized spacial score (nSPS) is 16.6. The van der Waals surface area contributed by atoms with Crippen LogP contribution in [0.3, 0.4) is 0 Å². The summed E-state index contributed by atoms with van der Waals surface area (Å²) >= 11 is 0. The molecular formula is C12H19N3O2. The predicted molar refractivity (Wildman–Crippen MR) is 65.2 cm³/mol. The van der Waals surface area contributed by atoms with E-state index in [1.807, 2.05) is 13.0 Å². The van der Waals surface area contributed by atoms with Crippen molar-refractivity contribution >= 4 is 5.95 Å². The van der Waals surface area contributed by atoms with Gasteiger partial charge in [0.15, 0.2) is 0 Å². The van der Waals surface area contributed by atoms with Crippen LogP contribution in [0.25, 0.3) is 0 Å². The standard InChI is InChI=1S/C12H19N3O2/c1-3-6-17-10-7-9(2)13-11(14-10)15-12(8-16)4-5-12/h7,16H,3-6,8H2,1-2H3,(H,13,14,15). The molecule has 1 saturated carbocycles. The van der Waals surface area contributed by atoms with Gasteiger partial charge in [0.25, 0.3) is 0 Å². The Bertz CT molecular complexity index is 391. The lowest BCUT2D eigenvalue weighted by atomic mass is 10.3. The first-order chi connectivity index (χ1) is 8.17. The number of aliphatic hydroxyl groups is 1. The fourth-order valence-electron chi connectivity index (χ4n) is 1.59. The molecule has 1 aliphatic carbocycles. The third kappa shape index (κ3) is 3.06. The van der Waals surface area contributed by atoms with Crippen molar-refractivity contribution in [3.63, 3.8) is 0 Å². The maximum Gasteiger partial charge on any atom is 0.226 e. The quantitative estimate of drug-likeness (QED) is 0.785. The molecule has 1 aliphatic rings. The molecular weight excluding hydrogens is 218 g/mol. The van der Waals surface area contributed by atoms with Gasteiger partial charge in [-0.25, -0.2) is 4.98 Å². The van der Waals surface area contributed by atoms with Crippen LogP contribution in [-0.4, -0.2) is 33.8 Å². The van der Waals surface area contributed by atoms with Crippen molar-refractivity contribution in [1.82, 2.24) is 9.97 Å². The second-order valence-corrected chi connectivity index (χ2v) is 4.58. The molecule has 2 N–H and O–H groups in total. The maximum absolute atomic E-state index is 9.25. The number of nitrogens with zero attached hydrogens (tertiary/aromatic N) is 2. The zero-order chi connectivity index (χ0) is 12.3. The molecule has 1 aromatic heterocycles. The van der Waals surface area contributed by atoms with Crippen molar-refractivity contribution in [2.75, 3.05) is 18.5 Å². The van der Waals surface area contributed by atoms with Gasteiger partial charge in [-0.2, -0.15) is 4.98 Å². The summed E-state index contributed by atoms with van der Waals surface area (Å²) in [4.78, 5) is 8.59. The van der Waals surface area contributed by atoms with Gasteiger partial charge in [-0.3, -0.25) is 0 Å². The van der Waals surface area contributed by atoms with Crippen LogP contribution in [0.2, 0.25) is 0 Å². The number of nitrogens with one attached hydrogen (secondary N) is 1. The van der Waals surface area contributed by atoms with E-state index >= 15 is 0 Å². The van der Waals surface area contributed by atoms with Gasteiger partial charge in [0.1, 0.15) is 0 Å². The fraction of sp³-hybridized carbons (Fsp3) is 0.667. The Morgan fingerprint density at radius 1 is 1.47 bits per heavy atom. The van der Waals surface area contributed by atoms with E-state index in [4.69, 9.17) is 4.74 Å². The minimum atomic E-state index is -0.199. The van der Waals surface area contributed by atoms with Gasteiger partial charge in [-0.05, 0) is 26.2 Å². The Morgan fingerprint density at radius 3 is 2.82 bits per heavy atom. The van der Waals surface area contributed by atoms with Crippen molar-refractivity contribution < 1.29 is 9.84 Å². The Labute approximate surface area is 101 Å². The Hall–Kier alpha value is -1.36. The summed E-state index contributed by atoms with van der Waals surface area (Å²) in [7, 11) is 0. The lowest BCUT2D eigenvalue weighted by Gasteiger charge is -2.15. The van der Waals surface area contributed by atoms with Gasteiger partial charge in [-0.1, -0.05) is 6.92 Å². The molecule has 0 spiro atoms. The number of rotatable bonds is 6. The number of aromatic nitrogens is 2. The number of ether oxygens (including phenoxy) is 1. The van der Waals surface area contributed by atoms with Crippen LogP contribution < -0.4 is 10.1 Å². The van der Waals surface area contributed by atoms with Crippen LogP contribution in [0.15, 0.2) is 6.07 Å². The molecule has 94 valence electrons. The number of aryl methyl sites for hydroxylation is 1. The third-order valence-electron chi connectivity index (χ3n) is 2.82. The summed E-state index contributed by atoms with van der Waals surface area (Å²) in [6.45, 7) is 4.73. The molecule has 0 aromatic carbocycles. The highest BCUT2D eigenvalue weighted by molar-refractivity contribution is 5.36. The summed E-state index contributed by atoms with van der Waals surface area (Å²) in [5.41, 5.74) is 0.665. The van der Waals surface area contributed by atoms with Gasteiger partial charge in [0.2, 0.25) is 11.8 Å². The second kappa shape index (κ2) is 4.87. The second-order valence-electron chi connectivity index (χ2n) is 4.58. The van der Waals surface area contributed by atoms with Crippen molar-refractivity contribution in [2.45, 2.75) is 38.6 Å². The molecule has 0 aliphatic heterocycles. The van der Waals surface area contributed by atoms with Crippen LogP contribution in [0.5, 0.6) is 5.88 Å². The minimum Gasteiger partial charge on any atom is -0.478 e. The SMILES string of the molecule is CCCOc1cc(C)nc(NC2(CO)CC2)n1. The van der Waals surface area contributed by atoms with Crippen molar-refractivity contribution in [2.24, 2.45) is 0 Å². The van der Waals surface area contributed by atoms with E-state index in [1.54, 1.807) is 0 Å². The van der Waals surface area contributed by atoms with Crippen LogP contribution in [0.4, 0.5) is 5.95 Å². The molecule has 1 aromatic rings. The van der Waals surface area contributed by atoms with Gasteiger partial charge in [0, 0.05) is 11.8 Å². The fourth-order valence-corrected chi connectivity index (χ4v) is 1.59. The smallest absolute Gasteiger partial charge is 0.226 e. The summed E-state index contributed by atoms with van der Waals surface area (Å²) in [6.07, 6.45) is 2.88. The van der Waals surface area contributed by atoms with Crippen LogP contribution in [-0.2, 0) is 0 Å². The Balaban J connectivity index is 2.08. The van der Waals surface area contributed by atoms with Gasteiger partial charge < -0.3 is 15.2 Å². The number of hydrogen-bond donors (Lipinski definition) is 2. The van der Waals surface area contributed by atoms with Crippen LogP contribution in [0, 0.1) is 6.92 Å². The molecule has 17 heavy (non-hydrogen) atoms. The van der Waals surface area contributed by atoms with E-state index < -0.39 is 0 Å². The van der Waals surface area contributed by atoms with E-state index in [-0.39, 0.29) is 12.1 Å². The average Bonchev–Trinajstić information content (AvgIpc) is 3.06. The Morgan fingerprint density at radius 2 is 2.24 bits per heavy atom. The predicted octanol–water partition coefficient (Wildman–Crippen LogP) is 1.51. The molecule has 0 unspecified atom stereocenters. The number of hydrogen-bond acceptors (Lipinski definition) is 5. The maximum atomic E-state index is 9.25. The van der Waals surface area contributed by atoms with E-state index in [0.717, 1.165) is 25.0 Å². The van der Waals surface area contributed by atoms with Crippen molar-refractivity contribution in [3.05, 3.63) is 11.8 Å². The lowest BCUT2D eigenvalue weighted by molar-refractivity contribution is 0.265. The molecule has 1 fully saturated rings. The lowest BCUT2D eigenvalue weighted by Crippen LogP contribution is -2.27. The van der Waals surface area contributed by atoms with Gasteiger partial charge in [0.05, 0.1) is 18.8 Å². The molecule has 5 heteroatoms. The summed E-state index contributed by atoms with van der Waals surface area (Å²) < 4.78 is 5.49. The van der Waals surface area contributed by atoms with Crippen molar-refractivity contribution in [3.8, 4) is 5.88 Å². The molecule has 0 bridgehead atoms. The highest BCUT2D eigenvalue weighted by Gasteiger charge is 2.42. The minimum absolute atomic E-state index is 0.120. The molecule has 0 saturated heterocycles. The van der Waals surface area contributed by atoms with E-state index in [2.05, 4.69) is 22.2 Å². The van der Waals surface area contributed by atoms with Crippen molar-refractivity contribution in [1.29, 1.82) is 0 Å². The van der Waals surface area contributed by atoms with E-state index in [1.165, 1.54) is 0 Å². The molecule has 2 rings (SSSR count). The van der Waals surface area contributed by atoms with E-state index in [0.29, 0.717) is 18.4 Å². The van der Waals surface area contributed by atoms with Crippen LogP contribution >= 0.6 is 0 Å². The summed E-state index contributed by atoms with van der Waals surface area (Å²) in [5.74, 6) is 1.14. The van der Waals surface area contributed by atoms with Gasteiger partial charge >= 0.3 is 0 Å². The first kappa shape index (κ1) is 12.1. The zero-order valence-corrected chi connectivity index (χ0v) is 10.4. The summed E-state index contributed by atoms with van der Waals surface area (Å²) in [5, 5.41) is 12.4. The summed E-state index contributed by atoms with van der Waals surface area (Å²) in [6, 6.07) is 1.82. The topological polar surface area (TPSA) is 67.3 Å². The first-order valence-corrected chi connectivity index (χ1v) is 6.05.